The largest absolute Gasteiger partial charge is 0.494 e. The summed E-state index contributed by atoms with van der Waals surface area (Å²) in [5.41, 5.74) is 3.64. The number of aromatic nitrogens is 1. The van der Waals surface area contributed by atoms with Crippen LogP contribution in [0.3, 0.4) is 0 Å². The predicted molar refractivity (Wildman–Crippen MR) is 152 cm³/mol. The molecule has 1 aromatic heterocycles. The highest BCUT2D eigenvalue weighted by Gasteiger charge is 2.10. The molecule has 1 heterocycles. The summed E-state index contributed by atoms with van der Waals surface area (Å²) in [5.74, 6) is 0.951. The highest BCUT2D eigenvalue weighted by atomic mass is 16.5. The standard InChI is InChI=1S/C33H43NO3/c1-3-5-7-9-10-12-14-27-15-17-29(18-16-27)33(35)37-31-23-24-32(34-26-31)28-19-21-30(22-20-28)36-25-13-11-8-6-4-2/h15-24,26H,3-14,25H2,1-2H3. The zero-order valence-electron chi connectivity index (χ0n) is 22.7. The van der Waals surface area contributed by atoms with Crippen LogP contribution in [-0.2, 0) is 6.42 Å². The molecule has 0 saturated carbocycles. The summed E-state index contributed by atoms with van der Waals surface area (Å²) in [6.45, 7) is 5.22. The van der Waals surface area contributed by atoms with Crippen molar-refractivity contribution in [2.45, 2.75) is 90.9 Å². The number of ether oxygens (including phenoxy) is 2. The number of esters is 1. The third-order valence-electron chi connectivity index (χ3n) is 6.62. The minimum absolute atomic E-state index is 0.364. The van der Waals surface area contributed by atoms with Crippen molar-refractivity contribution in [1.29, 1.82) is 0 Å². The SMILES string of the molecule is CCCCCCCCc1ccc(C(=O)Oc2ccc(-c3ccc(OCCCCCCC)cc3)nc2)cc1. The third kappa shape index (κ3) is 10.4. The van der Waals surface area contributed by atoms with Crippen molar-refractivity contribution in [3.05, 3.63) is 78.0 Å². The average Bonchev–Trinajstić information content (AvgIpc) is 2.94. The van der Waals surface area contributed by atoms with Crippen LogP contribution >= 0.6 is 0 Å². The Hall–Kier alpha value is -3.14. The fraction of sp³-hybridized carbons (Fsp3) is 0.455. The molecule has 0 saturated heterocycles. The van der Waals surface area contributed by atoms with Crippen LogP contribution in [0, 0.1) is 0 Å². The Bertz CT molecular complexity index is 1030. The monoisotopic (exact) mass is 501 g/mol. The molecule has 0 unspecified atom stereocenters. The molecule has 4 nitrogen and oxygen atoms in total. The molecule has 0 radical (unpaired) electrons. The molecule has 37 heavy (non-hydrogen) atoms. The van der Waals surface area contributed by atoms with Crippen LogP contribution in [0.5, 0.6) is 11.5 Å². The second-order valence-corrected chi connectivity index (χ2v) is 9.77. The highest BCUT2D eigenvalue weighted by molar-refractivity contribution is 5.91. The van der Waals surface area contributed by atoms with Crippen LogP contribution in [0.1, 0.15) is 100 Å². The van der Waals surface area contributed by atoms with Crippen molar-refractivity contribution in [3.8, 4) is 22.8 Å². The van der Waals surface area contributed by atoms with Gasteiger partial charge in [-0.3, -0.25) is 4.98 Å². The van der Waals surface area contributed by atoms with Gasteiger partial charge in [-0.05, 0) is 73.4 Å². The van der Waals surface area contributed by atoms with Gasteiger partial charge in [-0.1, -0.05) is 83.8 Å². The Kier molecular flexibility index (Phi) is 12.7. The van der Waals surface area contributed by atoms with E-state index in [-0.39, 0.29) is 5.97 Å². The Morgan fingerprint density at radius 3 is 1.95 bits per heavy atom. The Morgan fingerprint density at radius 1 is 0.676 bits per heavy atom. The van der Waals surface area contributed by atoms with Crippen molar-refractivity contribution in [2.75, 3.05) is 6.61 Å². The van der Waals surface area contributed by atoms with Gasteiger partial charge in [-0.15, -0.1) is 0 Å². The summed E-state index contributed by atoms with van der Waals surface area (Å²) in [6.07, 6.45) is 16.5. The number of carbonyl (C=O) groups is 1. The molecule has 0 aliphatic rings. The van der Waals surface area contributed by atoms with Gasteiger partial charge in [0.15, 0.2) is 0 Å². The van der Waals surface area contributed by atoms with E-state index < -0.39 is 0 Å². The molecular formula is C33H43NO3. The number of unbranched alkanes of at least 4 members (excludes halogenated alkanes) is 9. The second kappa shape index (κ2) is 16.6. The molecule has 0 aliphatic carbocycles. The van der Waals surface area contributed by atoms with E-state index in [0.29, 0.717) is 11.3 Å². The highest BCUT2D eigenvalue weighted by Crippen LogP contribution is 2.23. The van der Waals surface area contributed by atoms with E-state index in [9.17, 15) is 4.79 Å². The van der Waals surface area contributed by atoms with Crippen LogP contribution in [0.15, 0.2) is 66.9 Å². The van der Waals surface area contributed by atoms with Gasteiger partial charge >= 0.3 is 5.97 Å². The Morgan fingerprint density at radius 2 is 1.30 bits per heavy atom. The number of hydrogen-bond acceptors (Lipinski definition) is 4. The molecule has 0 bridgehead atoms. The molecule has 0 spiro atoms. The molecule has 0 atom stereocenters. The molecule has 0 aliphatic heterocycles. The summed E-state index contributed by atoms with van der Waals surface area (Å²) in [7, 11) is 0. The maximum atomic E-state index is 12.6. The van der Waals surface area contributed by atoms with Crippen LogP contribution < -0.4 is 9.47 Å². The van der Waals surface area contributed by atoms with E-state index in [2.05, 4.69) is 18.8 Å². The van der Waals surface area contributed by atoms with Crippen LogP contribution in [-0.4, -0.2) is 17.6 Å². The molecule has 2 aromatic carbocycles. The van der Waals surface area contributed by atoms with Crippen LogP contribution in [0.25, 0.3) is 11.3 Å². The van der Waals surface area contributed by atoms with Gasteiger partial charge in [0.1, 0.15) is 11.5 Å². The zero-order chi connectivity index (χ0) is 26.1. The normalized spacial score (nSPS) is 10.9. The van der Waals surface area contributed by atoms with Crippen LogP contribution in [0.4, 0.5) is 0 Å². The maximum Gasteiger partial charge on any atom is 0.343 e. The molecule has 4 heteroatoms. The van der Waals surface area contributed by atoms with Gasteiger partial charge in [0, 0.05) is 5.56 Å². The number of benzene rings is 2. The quantitative estimate of drug-likeness (QED) is 0.137. The molecular weight excluding hydrogens is 458 g/mol. The van der Waals surface area contributed by atoms with Gasteiger partial charge in [0.25, 0.3) is 0 Å². The summed E-state index contributed by atoms with van der Waals surface area (Å²) >= 11 is 0. The van der Waals surface area contributed by atoms with Crippen LogP contribution in [0.2, 0.25) is 0 Å². The van der Waals surface area contributed by atoms with Crippen molar-refractivity contribution in [1.82, 2.24) is 4.98 Å². The first kappa shape index (κ1) is 28.4. The minimum atomic E-state index is -0.364. The van der Waals surface area contributed by atoms with Gasteiger partial charge in [0.2, 0.25) is 0 Å². The van der Waals surface area contributed by atoms with Gasteiger partial charge in [0.05, 0.1) is 24.1 Å². The van der Waals surface area contributed by atoms with E-state index in [1.807, 2.05) is 54.6 Å². The van der Waals surface area contributed by atoms with Crippen molar-refractivity contribution >= 4 is 5.97 Å². The lowest BCUT2D eigenvalue weighted by atomic mass is 10.0. The molecule has 198 valence electrons. The molecule has 0 N–H and O–H groups in total. The topological polar surface area (TPSA) is 48.4 Å². The lowest BCUT2D eigenvalue weighted by molar-refractivity contribution is 0.0734. The number of rotatable bonds is 17. The number of nitrogens with zero attached hydrogens (tertiary/aromatic N) is 1. The van der Waals surface area contributed by atoms with Gasteiger partial charge in [-0.25, -0.2) is 4.79 Å². The van der Waals surface area contributed by atoms with E-state index >= 15 is 0 Å². The van der Waals surface area contributed by atoms with Gasteiger partial charge in [-0.2, -0.15) is 0 Å². The first-order chi connectivity index (χ1) is 18.2. The lowest BCUT2D eigenvalue weighted by Gasteiger charge is -2.08. The number of aryl methyl sites for hydroxylation is 1. The van der Waals surface area contributed by atoms with E-state index in [1.165, 1.54) is 69.8 Å². The average molecular weight is 502 g/mol. The van der Waals surface area contributed by atoms with Gasteiger partial charge < -0.3 is 9.47 Å². The van der Waals surface area contributed by atoms with Crippen molar-refractivity contribution < 1.29 is 14.3 Å². The predicted octanol–water partition coefficient (Wildman–Crippen LogP) is 9.22. The number of pyridine rings is 1. The van der Waals surface area contributed by atoms with E-state index in [4.69, 9.17) is 9.47 Å². The first-order valence-corrected chi connectivity index (χ1v) is 14.2. The first-order valence-electron chi connectivity index (χ1n) is 14.2. The zero-order valence-corrected chi connectivity index (χ0v) is 22.7. The summed E-state index contributed by atoms with van der Waals surface area (Å²) in [6, 6.07) is 19.4. The molecule has 3 rings (SSSR count). The second-order valence-electron chi connectivity index (χ2n) is 9.77. The number of carbonyl (C=O) groups excluding carboxylic acids is 1. The lowest BCUT2D eigenvalue weighted by Crippen LogP contribution is -2.08. The van der Waals surface area contributed by atoms with E-state index in [0.717, 1.165) is 36.5 Å². The van der Waals surface area contributed by atoms with Crippen molar-refractivity contribution in [3.63, 3.8) is 0 Å². The molecule has 3 aromatic rings. The van der Waals surface area contributed by atoms with E-state index in [1.54, 1.807) is 12.3 Å². The fourth-order valence-electron chi connectivity index (χ4n) is 4.31. The fourth-order valence-corrected chi connectivity index (χ4v) is 4.31. The molecule has 0 amide bonds. The third-order valence-corrected chi connectivity index (χ3v) is 6.62. The smallest absolute Gasteiger partial charge is 0.343 e. The minimum Gasteiger partial charge on any atom is -0.494 e. The Labute approximate surface area is 223 Å². The van der Waals surface area contributed by atoms with Crippen molar-refractivity contribution in [2.24, 2.45) is 0 Å². The summed E-state index contributed by atoms with van der Waals surface area (Å²) in [5, 5.41) is 0. The summed E-state index contributed by atoms with van der Waals surface area (Å²) < 4.78 is 11.4. The number of hydrogen-bond donors (Lipinski definition) is 0. The molecule has 0 fully saturated rings. The summed E-state index contributed by atoms with van der Waals surface area (Å²) in [4.78, 5) is 17.1. The Balaban J connectivity index is 1.43. The maximum absolute atomic E-state index is 12.6.